The van der Waals surface area contributed by atoms with Crippen LogP contribution in [0.3, 0.4) is 0 Å². The lowest BCUT2D eigenvalue weighted by molar-refractivity contribution is 0.656. The van der Waals surface area contributed by atoms with Crippen LogP contribution >= 0.6 is 0 Å². The van der Waals surface area contributed by atoms with Crippen LogP contribution in [0.15, 0.2) is 24.7 Å². The molecule has 82 valence electrons. The Hall–Kier alpha value is -1.84. The lowest BCUT2D eigenvalue weighted by Gasteiger charge is -2.13. The monoisotopic (exact) mass is 214 g/mol. The van der Waals surface area contributed by atoms with Crippen molar-refractivity contribution in [1.82, 2.24) is 14.5 Å². The molecule has 2 aromatic rings. The molecule has 0 atom stereocenters. The fourth-order valence-corrected chi connectivity index (χ4v) is 2.28. The van der Waals surface area contributed by atoms with Gasteiger partial charge in [-0.05, 0) is 31.7 Å². The summed E-state index contributed by atoms with van der Waals surface area (Å²) in [7, 11) is 0. The lowest BCUT2D eigenvalue weighted by Crippen LogP contribution is -2.07. The van der Waals surface area contributed by atoms with Crippen molar-refractivity contribution >= 4 is 5.82 Å². The first kappa shape index (κ1) is 9.39. The van der Waals surface area contributed by atoms with Crippen LogP contribution in [0.25, 0.3) is 5.69 Å². The van der Waals surface area contributed by atoms with Gasteiger partial charge < -0.3 is 10.3 Å². The molecule has 0 aliphatic heterocycles. The van der Waals surface area contributed by atoms with Crippen LogP contribution in [-0.2, 0) is 12.8 Å². The SMILES string of the molecule is Nc1cc(-n2cnc3c2CCCC3)ccn1. The largest absolute Gasteiger partial charge is 0.384 e. The number of anilines is 1. The number of imidazole rings is 1. The second-order valence-corrected chi connectivity index (χ2v) is 4.15. The molecule has 0 radical (unpaired) electrons. The number of aryl methyl sites for hydroxylation is 1. The molecule has 2 heterocycles. The van der Waals surface area contributed by atoms with E-state index in [1.165, 1.54) is 24.2 Å². The molecule has 2 N–H and O–H groups in total. The molecule has 2 aromatic heterocycles. The summed E-state index contributed by atoms with van der Waals surface area (Å²) in [4.78, 5) is 8.47. The zero-order valence-electron chi connectivity index (χ0n) is 9.06. The topological polar surface area (TPSA) is 56.7 Å². The molecule has 0 fully saturated rings. The Morgan fingerprint density at radius 1 is 1.19 bits per heavy atom. The average molecular weight is 214 g/mol. The first-order valence-corrected chi connectivity index (χ1v) is 5.61. The number of aromatic nitrogens is 3. The van der Waals surface area contributed by atoms with Gasteiger partial charge in [0, 0.05) is 18.0 Å². The van der Waals surface area contributed by atoms with Crippen molar-refractivity contribution in [3.63, 3.8) is 0 Å². The highest BCUT2D eigenvalue weighted by atomic mass is 15.1. The standard InChI is InChI=1S/C12H14N4/c13-12-7-9(5-6-14-12)16-8-15-10-3-1-2-4-11(10)16/h5-8H,1-4H2,(H2,13,14). The molecule has 16 heavy (non-hydrogen) atoms. The highest BCUT2D eigenvalue weighted by Crippen LogP contribution is 2.23. The minimum Gasteiger partial charge on any atom is -0.384 e. The maximum Gasteiger partial charge on any atom is 0.125 e. The number of fused-ring (bicyclic) bond motifs is 1. The molecule has 4 heteroatoms. The number of hydrogen-bond acceptors (Lipinski definition) is 3. The average Bonchev–Trinajstić information content (AvgIpc) is 2.72. The third-order valence-corrected chi connectivity index (χ3v) is 3.07. The minimum absolute atomic E-state index is 0.552. The molecule has 0 spiro atoms. The number of hydrogen-bond donors (Lipinski definition) is 1. The van der Waals surface area contributed by atoms with E-state index in [0.29, 0.717) is 5.82 Å². The second kappa shape index (κ2) is 3.63. The summed E-state index contributed by atoms with van der Waals surface area (Å²) >= 11 is 0. The van der Waals surface area contributed by atoms with Gasteiger partial charge in [-0.2, -0.15) is 0 Å². The van der Waals surface area contributed by atoms with E-state index in [9.17, 15) is 0 Å². The third kappa shape index (κ3) is 1.46. The van der Waals surface area contributed by atoms with E-state index in [-0.39, 0.29) is 0 Å². The van der Waals surface area contributed by atoms with Gasteiger partial charge in [0.25, 0.3) is 0 Å². The van der Waals surface area contributed by atoms with E-state index in [0.717, 1.165) is 18.5 Å². The number of nitrogen functional groups attached to an aromatic ring is 1. The van der Waals surface area contributed by atoms with Crippen LogP contribution < -0.4 is 5.73 Å². The Balaban J connectivity index is 2.09. The van der Waals surface area contributed by atoms with Crippen LogP contribution in [0.1, 0.15) is 24.2 Å². The number of nitrogens with two attached hydrogens (primary N) is 1. The Kier molecular flexibility index (Phi) is 2.13. The van der Waals surface area contributed by atoms with Gasteiger partial charge in [0.1, 0.15) is 5.82 Å². The molecule has 0 aromatic carbocycles. The normalized spacial score (nSPS) is 14.8. The molecular weight excluding hydrogens is 200 g/mol. The summed E-state index contributed by atoms with van der Waals surface area (Å²) in [5, 5.41) is 0. The Bertz CT molecular complexity index is 515. The molecule has 4 nitrogen and oxygen atoms in total. The summed E-state index contributed by atoms with van der Waals surface area (Å²) in [6.07, 6.45) is 8.34. The quantitative estimate of drug-likeness (QED) is 0.786. The maximum absolute atomic E-state index is 5.70. The lowest BCUT2D eigenvalue weighted by atomic mass is 10.0. The van der Waals surface area contributed by atoms with E-state index in [2.05, 4.69) is 14.5 Å². The van der Waals surface area contributed by atoms with E-state index < -0.39 is 0 Å². The molecule has 0 saturated carbocycles. The van der Waals surface area contributed by atoms with Crippen LogP contribution in [0, 0.1) is 0 Å². The van der Waals surface area contributed by atoms with Crippen LogP contribution in [-0.4, -0.2) is 14.5 Å². The van der Waals surface area contributed by atoms with Crippen molar-refractivity contribution in [2.75, 3.05) is 5.73 Å². The molecule has 1 aliphatic carbocycles. The molecule has 3 rings (SSSR count). The first-order chi connectivity index (χ1) is 7.84. The van der Waals surface area contributed by atoms with Crippen molar-refractivity contribution in [2.24, 2.45) is 0 Å². The second-order valence-electron chi connectivity index (χ2n) is 4.15. The van der Waals surface area contributed by atoms with Crippen molar-refractivity contribution in [3.8, 4) is 5.69 Å². The highest BCUT2D eigenvalue weighted by molar-refractivity contribution is 5.43. The Morgan fingerprint density at radius 3 is 2.94 bits per heavy atom. The first-order valence-electron chi connectivity index (χ1n) is 5.61. The molecule has 0 bridgehead atoms. The summed E-state index contributed by atoms with van der Waals surface area (Å²) in [5.74, 6) is 0.552. The molecule has 1 aliphatic rings. The number of nitrogens with zero attached hydrogens (tertiary/aromatic N) is 3. The summed E-state index contributed by atoms with van der Waals surface area (Å²) < 4.78 is 2.13. The van der Waals surface area contributed by atoms with Crippen molar-refractivity contribution in [1.29, 1.82) is 0 Å². The fraction of sp³-hybridized carbons (Fsp3) is 0.333. The van der Waals surface area contributed by atoms with E-state index in [4.69, 9.17) is 5.73 Å². The van der Waals surface area contributed by atoms with Crippen LogP contribution in [0.2, 0.25) is 0 Å². The third-order valence-electron chi connectivity index (χ3n) is 3.07. The van der Waals surface area contributed by atoms with E-state index in [1.807, 2.05) is 18.5 Å². The van der Waals surface area contributed by atoms with Gasteiger partial charge >= 0.3 is 0 Å². The fourth-order valence-electron chi connectivity index (χ4n) is 2.28. The van der Waals surface area contributed by atoms with E-state index in [1.54, 1.807) is 6.20 Å². The molecule has 0 unspecified atom stereocenters. The zero-order valence-corrected chi connectivity index (χ0v) is 9.06. The molecule has 0 saturated heterocycles. The number of rotatable bonds is 1. The van der Waals surface area contributed by atoms with Gasteiger partial charge in [-0.15, -0.1) is 0 Å². The summed E-state index contributed by atoms with van der Waals surface area (Å²) in [6.45, 7) is 0. The van der Waals surface area contributed by atoms with E-state index >= 15 is 0 Å². The smallest absolute Gasteiger partial charge is 0.125 e. The van der Waals surface area contributed by atoms with Gasteiger partial charge in [0.2, 0.25) is 0 Å². The maximum atomic E-state index is 5.70. The van der Waals surface area contributed by atoms with Gasteiger partial charge in [-0.1, -0.05) is 0 Å². The summed E-state index contributed by atoms with van der Waals surface area (Å²) in [6, 6.07) is 3.85. The van der Waals surface area contributed by atoms with Crippen molar-refractivity contribution in [2.45, 2.75) is 25.7 Å². The predicted octanol–water partition coefficient (Wildman–Crippen LogP) is 1.73. The van der Waals surface area contributed by atoms with Gasteiger partial charge in [0.05, 0.1) is 17.7 Å². The molecule has 0 amide bonds. The van der Waals surface area contributed by atoms with Crippen LogP contribution in [0.4, 0.5) is 5.82 Å². The van der Waals surface area contributed by atoms with Crippen molar-refractivity contribution in [3.05, 3.63) is 36.0 Å². The Morgan fingerprint density at radius 2 is 2.06 bits per heavy atom. The van der Waals surface area contributed by atoms with Gasteiger partial charge in [0.15, 0.2) is 0 Å². The van der Waals surface area contributed by atoms with Crippen molar-refractivity contribution < 1.29 is 0 Å². The minimum atomic E-state index is 0.552. The summed E-state index contributed by atoms with van der Waals surface area (Å²) in [5.41, 5.74) is 9.32. The predicted molar refractivity (Wildman–Crippen MR) is 62.4 cm³/mol. The number of pyridine rings is 1. The van der Waals surface area contributed by atoms with Gasteiger partial charge in [-0.25, -0.2) is 9.97 Å². The zero-order chi connectivity index (χ0) is 11.0. The Labute approximate surface area is 94.1 Å². The molecular formula is C12H14N4. The van der Waals surface area contributed by atoms with Gasteiger partial charge in [-0.3, -0.25) is 0 Å². The van der Waals surface area contributed by atoms with Crippen LogP contribution in [0.5, 0.6) is 0 Å². The highest BCUT2D eigenvalue weighted by Gasteiger charge is 2.15.